The van der Waals surface area contributed by atoms with Gasteiger partial charge in [-0.3, -0.25) is 0 Å². The zero-order chi connectivity index (χ0) is 8.81. The molecule has 0 bridgehead atoms. The molecule has 0 nitrogen and oxygen atoms in total. The Bertz CT molecular complexity index is 250. The van der Waals surface area contributed by atoms with Crippen molar-refractivity contribution in [3.05, 3.63) is 59.7 Å². The molecule has 14 heavy (non-hydrogen) atoms. The Labute approximate surface area is 110 Å². The van der Waals surface area contributed by atoms with Crippen LogP contribution >= 0.6 is 0 Å². The Hall–Kier alpha value is -0.213. The van der Waals surface area contributed by atoms with E-state index in [0.717, 1.165) is 0 Å². The Morgan fingerprint density at radius 3 is 0.929 bits per heavy atom. The summed E-state index contributed by atoms with van der Waals surface area (Å²) in [6.07, 6.45) is 0. The van der Waals surface area contributed by atoms with E-state index in [9.17, 15) is 0 Å². The van der Waals surface area contributed by atoms with Gasteiger partial charge in [-0.05, 0) is 11.0 Å². The molecule has 0 aliphatic carbocycles. The maximum atomic E-state index is 2.08. The summed E-state index contributed by atoms with van der Waals surface area (Å²) in [6, 6.07) is 16.5. The normalized spacial score (nSPS) is 7.57. The van der Waals surface area contributed by atoms with Crippen LogP contribution in [0.3, 0.4) is 0 Å². The first-order valence-electron chi connectivity index (χ1n) is 4.15. The molecule has 0 aliphatic heterocycles. The van der Waals surface area contributed by atoms with Gasteiger partial charge in [0.2, 0.25) is 0 Å². The van der Waals surface area contributed by atoms with Crippen molar-refractivity contribution in [3.8, 4) is 0 Å². The summed E-state index contributed by atoms with van der Waals surface area (Å²) >= 11 is 0. The van der Waals surface area contributed by atoms with Gasteiger partial charge >= 0.3 is 0 Å². The Balaban J connectivity index is 0. The van der Waals surface area contributed by atoms with E-state index in [1.165, 1.54) is 11.1 Å². The molecule has 2 heteroatoms. The first-order chi connectivity index (χ1) is 5.79. The molecule has 0 atom stereocenters. The number of aryl methyl sites for hydroxylation is 2. The van der Waals surface area contributed by atoms with Crippen LogP contribution in [0, 0.1) is 13.8 Å². The van der Waals surface area contributed by atoms with E-state index in [1.54, 1.807) is 0 Å². The minimum Gasteiger partial charge on any atom is -0.213 e. The molecule has 75 valence electrons. The van der Waals surface area contributed by atoms with Crippen molar-refractivity contribution in [3.63, 3.8) is 0 Å². The van der Waals surface area contributed by atoms with Crippen LogP contribution in [0.25, 0.3) is 0 Å². The molecule has 0 fully saturated rings. The van der Waals surface area contributed by atoms with Crippen molar-refractivity contribution in [1.29, 1.82) is 0 Å². The van der Waals surface area contributed by atoms with Crippen molar-refractivity contribution in [2.24, 2.45) is 0 Å². The third kappa shape index (κ3) is 7.22. The molecule has 0 N–H and O–H groups in total. The van der Waals surface area contributed by atoms with E-state index in [2.05, 4.69) is 38.1 Å². The first kappa shape index (κ1) is 16.2. The van der Waals surface area contributed by atoms with Gasteiger partial charge in [0.25, 0.3) is 0 Å². The van der Waals surface area contributed by atoms with Crippen molar-refractivity contribution in [1.82, 2.24) is 0 Å². The predicted octanol–water partition coefficient (Wildman–Crippen LogP) is 2.24. The topological polar surface area (TPSA) is 0 Å². The van der Waals surface area contributed by atoms with Gasteiger partial charge in [0.05, 0.1) is 0 Å². The van der Waals surface area contributed by atoms with Crippen molar-refractivity contribution in [2.75, 3.05) is 0 Å². The largest absolute Gasteiger partial charge is 0.213 e. The Morgan fingerprint density at radius 2 is 0.857 bits per heavy atom. The number of hydrogen-bond acceptors (Lipinski definition) is 0. The second kappa shape index (κ2) is 9.35. The molecule has 0 heterocycles. The van der Waals surface area contributed by atoms with Gasteiger partial charge in [0, 0.05) is 25.8 Å². The second-order valence-electron chi connectivity index (χ2n) is 2.92. The summed E-state index contributed by atoms with van der Waals surface area (Å²) in [7, 11) is 0. The van der Waals surface area contributed by atoms with Gasteiger partial charge in [-0.1, -0.05) is 13.8 Å². The maximum Gasteiger partial charge on any atom is 0 e. The maximum absolute atomic E-state index is 2.08. The van der Waals surface area contributed by atoms with Crippen LogP contribution < -0.4 is 0 Å². The molecular weight excluding hydrogens is 351 g/mol. The quantitative estimate of drug-likeness (QED) is 0.495. The molecule has 1 radical (unpaired) electrons. The van der Waals surface area contributed by atoms with Gasteiger partial charge in [0.1, 0.15) is 0 Å². The average Bonchev–Trinajstić information content (AvgIpc) is 2.63. The summed E-state index contributed by atoms with van der Waals surface area (Å²) in [4.78, 5) is 0. The molecule has 0 amide bonds. The molecule has 0 unspecified atom stereocenters. The zero-order valence-electron chi connectivity index (χ0n) is 9.12. The second-order valence-corrected chi connectivity index (χ2v) is 2.92. The number of rotatable bonds is 0. The smallest absolute Gasteiger partial charge is 0 e. The predicted molar refractivity (Wildman–Crippen MR) is 63.5 cm³/mol. The van der Waals surface area contributed by atoms with E-state index in [1.807, 2.05) is 24.3 Å². The molecule has 0 aliphatic rings. The van der Waals surface area contributed by atoms with E-state index in [-0.39, 0.29) is 36.8 Å². The fraction of sp³-hybridized carbons (Fsp3) is 0.167. The molecule has 0 spiro atoms. The summed E-state index contributed by atoms with van der Waals surface area (Å²) in [5.74, 6) is 0. The zero-order valence-corrected chi connectivity index (χ0v) is 14.7. The number of hydrogen-bond donors (Lipinski definition) is 0. The average molecular weight is 368 g/mol. The van der Waals surface area contributed by atoms with Crippen LogP contribution in [0.15, 0.2) is 48.5 Å². The third-order valence-corrected chi connectivity index (χ3v) is 1.66. The Kier molecular flexibility index (Phi) is 10.8. The minimum absolute atomic E-state index is 0. The summed E-state index contributed by atoms with van der Waals surface area (Å²) in [6.45, 7) is 4.17. The van der Waals surface area contributed by atoms with Crippen molar-refractivity contribution >= 4 is 11.0 Å². The standard InChI is InChI=1S/2C6H7.Hf.H3Si/c2*1-6-4-2-3-5-6;;/h2*2-5H,1H3;;1H3/q2*-1;;. The molecule has 2 aromatic carbocycles. The fourth-order valence-corrected chi connectivity index (χ4v) is 0.940. The van der Waals surface area contributed by atoms with Gasteiger partial charge < -0.3 is 0 Å². The van der Waals surface area contributed by atoms with Crippen LogP contribution in [0.5, 0.6) is 0 Å². The van der Waals surface area contributed by atoms with Crippen molar-refractivity contribution < 1.29 is 25.8 Å². The van der Waals surface area contributed by atoms with Gasteiger partial charge in [-0.15, -0.1) is 0 Å². The third-order valence-electron chi connectivity index (χ3n) is 1.66. The van der Waals surface area contributed by atoms with Crippen LogP contribution in [-0.4, -0.2) is 11.0 Å². The van der Waals surface area contributed by atoms with E-state index >= 15 is 0 Å². The van der Waals surface area contributed by atoms with Crippen LogP contribution in [0.2, 0.25) is 0 Å². The van der Waals surface area contributed by atoms with Crippen LogP contribution in [0.4, 0.5) is 0 Å². The van der Waals surface area contributed by atoms with Gasteiger partial charge in [0.15, 0.2) is 0 Å². The molecule has 2 aromatic rings. The summed E-state index contributed by atoms with van der Waals surface area (Å²) in [5.41, 5.74) is 2.69. The molecule has 0 saturated heterocycles. The molecular formula is C12H17HfSi-2. The molecule has 0 saturated carbocycles. The molecule has 2 rings (SSSR count). The van der Waals surface area contributed by atoms with E-state index in [0.29, 0.717) is 0 Å². The summed E-state index contributed by atoms with van der Waals surface area (Å²) in [5, 5.41) is 0. The Morgan fingerprint density at radius 1 is 0.643 bits per heavy atom. The first-order valence-corrected chi connectivity index (χ1v) is 4.15. The van der Waals surface area contributed by atoms with Crippen LogP contribution in [0.1, 0.15) is 11.1 Å². The molecule has 0 aromatic heterocycles. The van der Waals surface area contributed by atoms with Gasteiger partial charge in [-0.2, -0.15) is 35.4 Å². The minimum atomic E-state index is 0. The van der Waals surface area contributed by atoms with Crippen molar-refractivity contribution in [2.45, 2.75) is 13.8 Å². The summed E-state index contributed by atoms with van der Waals surface area (Å²) < 4.78 is 0. The van der Waals surface area contributed by atoms with Gasteiger partial charge in [-0.25, -0.2) is 24.3 Å². The van der Waals surface area contributed by atoms with Crippen LogP contribution in [-0.2, 0) is 25.8 Å². The monoisotopic (exact) mass is 369 g/mol. The fourth-order valence-electron chi connectivity index (χ4n) is 0.940. The van der Waals surface area contributed by atoms with E-state index < -0.39 is 0 Å². The van der Waals surface area contributed by atoms with E-state index in [4.69, 9.17) is 0 Å². The SMILES string of the molecule is C[c-]1cccc1.C[c-]1cccc1.[Hf].[SiH3].